The molecule has 0 aromatic heterocycles. The lowest BCUT2D eigenvalue weighted by Gasteiger charge is -2.13. The van der Waals surface area contributed by atoms with E-state index in [4.69, 9.17) is 5.73 Å². The van der Waals surface area contributed by atoms with Crippen LogP contribution in [0.1, 0.15) is 36.8 Å². The van der Waals surface area contributed by atoms with E-state index in [2.05, 4.69) is 44.0 Å². The van der Waals surface area contributed by atoms with Crippen molar-refractivity contribution in [3.8, 4) is 0 Å². The highest BCUT2D eigenvalue weighted by Crippen LogP contribution is 2.36. The molecule has 82 valence electrons. The summed E-state index contributed by atoms with van der Waals surface area (Å²) < 4.78 is 0. The predicted octanol–water partition coefficient (Wildman–Crippen LogP) is 2.30. The quantitative estimate of drug-likeness (QED) is 0.801. The topological polar surface area (TPSA) is 29.3 Å². The van der Waals surface area contributed by atoms with E-state index in [9.17, 15) is 0 Å². The van der Waals surface area contributed by atoms with Crippen LogP contribution in [0.25, 0.3) is 0 Å². The van der Waals surface area contributed by atoms with Crippen LogP contribution in [0.5, 0.6) is 0 Å². The second-order valence-corrected chi connectivity index (χ2v) is 4.79. The van der Waals surface area contributed by atoms with Gasteiger partial charge in [-0.15, -0.1) is 0 Å². The number of anilines is 1. The molecule has 1 aliphatic rings. The molecule has 2 heteroatoms. The number of nitrogens with zero attached hydrogens (tertiary/aromatic N) is 1. The Hall–Kier alpha value is -1.02. The summed E-state index contributed by atoms with van der Waals surface area (Å²) in [6.07, 6.45) is 0. The molecule has 0 spiro atoms. The summed E-state index contributed by atoms with van der Waals surface area (Å²) in [6, 6.07) is 6.81. The van der Waals surface area contributed by atoms with Crippen LogP contribution in [0.2, 0.25) is 0 Å². The highest BCUT2D eigenvalue weighted by atomic mass is 15.1. The molecule has 1 heterocycles. The second kappa shape index (κ2) is 3.86. The van der Waals surface area contributed by atoms with Gasteiger partial charge in [-0.3, -0.25) is 0 Å². The summed E-state index contributed by atoms with van der Waals surface area (Å²) in [5, 5.41) is 0. The average Bonchev–Trinajstić information content (AvgIpc) is 2.55. The van der Waals surface area contributed by atoms with Crippen molar-refractivity contribution in [1.82, 2.24) is 0 Å². The highest BCUT2D eigenvalue weighted by Gasteiger charge is 2.25. The van der Waals surface area contributed by atoms with Gasteiger partial charge in [0.1, 0.15) is 0 Å². The van der Waals surface area contributed by atoms with Crippen LogP contribution in [-0.4, -0.2) is 20.1 Å². The lowest BCUT2D eigenvalue weighted by molar-refractivity contribution is 0.728. The summed E-state index contributed by atoms with van der Waals surface area (Å²) in [5.74, 6) is 1.11. The molecule has 0 bridgehead atoms. The average molecular weight is 204 g/mol. The van der Waals surface area contributed by atoms with Crippen molar-refractivity contribution >= 4 is 5.69 Å². The Kier molecular flexibility index (Phi) is 2.70. The normalized spacial score (nSPS) is 19.8. The van der Waals surface area contributed by atoms with Crippen molar-refractivity contribution in [3.05, 3.63) is 29.3 Å². The van der Waals surface area contributed by atoms with E-state index in [0.29, 0.717) is 11.8 Å². The minimum absolute atomic E-state index is 0.517. The van der Waals surface area contributed by atoms with Gasteiger partial charge in [0.2, 0.25) is 0 Å². The molecule has 1 aromatic rings. The zero-order valence-corrected chi connectivity index (χ0v) is 9.83. The first kappa shape index (κ1) is 10.5. The van der Waals surface area contributed by atoms with Crippen molar-refractivity contribution in [2.24, 2.45) is 5.73 Å². The van der Waals surface area contributed by atoms with E-state index in [-0.39, 0.29) is 0 Å². The molecular formula is C13H20N2. The van der Waals surface area contributed by atoms with Gasteiger partial charge in [0.25, 0.3) is 0 Å². The Morgan fingerprint density at radius 3 is 2.80 bits per heavy atom. The molecule has 15 heavy (non-hydrogen) atoms. The van der Waals surface area contributed by atoms with Crippen molar-refractivity contribution in [2.75, 3.05) is 25.0 Å². The maximum Gasteiger partial charge on any atom is 0.0400 e. The highest BCUT2D eigenvalue weighted by molar-refractivity contribution is 5.61. The van der Waals surface area contributed by atoms with Crippen molar-refractivity contribution < 1.29 is 0 Å². The Labute approximate surface area is 92.1 Å². The maximum absolute atomic E-state index is 5.81. The maximum atomic E-state index is 5.81. The molecule has 1 aliphatic heterocycles. The fourth-order valence-corrected chi connectivity index (χ4v) is 2.34. The summed E-state index contributed by atoms with van der Waals surface area (Å²) in [4.78, 5) is 2.30. The smallest absolute Gasteiger partial charge is 0.0400 e. The van der Waals surface area contributed by atoms with Crippen molar-refractivity contribution in [2.45, 2.75) is 25.7 Å². The number of likely N-dealkylation sites (N-methyl/N-ethyl adjacent to an activating group) is 1. The molecule has 0 aliphatic carbocycles. The van der Waals surface area contributed by atoms with Gasteiger partial charge in [-0.05, 0) is 23.1 Å². The van der Waals surface area contributed by atoms with E-state index in [1.807, 2.05) is 0 Å². The van der Waals surface area contributed by atoms with Crippen molar-refractivity contribution in [1.29, 1.82) is 0 Å². The van der Waals surface area contributed by atoms with Crippen LogP contribution in [0.3, 0.4) is 0 Å². The van der Waals surface area contributed by atoms with Gasteiger partial charge in [-0.2, -0.15) is 0 Å². The first-order valence-corrected chi connectivity index (χ1v) is 5.68. The number of hydrogen-bond donors (Lipinski definition) is 1. The molecule has 0 saturated heterocycles. The third kappa shape index (κ3) is 1.74. The lowest BCUT2D eigenvalue weighted by Crippen LogP contribution is -2.20. The molecule has 2 nitrogen and oxygen atoms in total. The van der Waals surface area contributed by atoms with Gasteiger partial charge in [0.15, 0.2) is 0 Å². The molecule has 0 amide bonds. The first-order chi connectivity index (χ1) is 7.13. The fraction of sp³-hybridized carbons (Fsp3) is 0.538. The molecule has 1 aromatic carbocycles. The van der Waals surface area contributed by atoms with Gasteiger partial charge in [-0.25, -0.2) is 0 Å². The van der Waals surface area contributed by atoms with Crippen LogP contribution >= 0.6 is 0 Å². The Morgan fingerprint density at radius 2 is 2.20 bits per heavy atom. The Morgan fingerprint density at radius 1 is 1.47 bits per heavy atom. The zero-order chi connectivity index (χ0) is 11.0. The van der Waals surface area contributed by atoms with Crippen LogP contribution < -0.4 is 10.6 Å². The third-order valence-corrected chi connectivity index (χ3v) is 3.35. The minimum Gasteiger partial charge on any atom is -0.374 e. The third-order valence-electron chi connectivity index (χ3n) is 3.35. The van der Waals surface area contributed by atoms with E-state index < -0.39 is 0 Å². The standard InChI is InChI=1S/C13H20N2/c1-9(2)10-4-5-13-12(6-10)11(7-14)8-15(13)3/h4-6,9,11H,7-8,14H2,1-3H3. The van der Waals surface area contributed by atoms with Crippen molar-refractivity contribution in [3.63, 3.8) is 0 Å². The summed E-state index contributed by atoms with van der Waals surface area (Å²) >= 11 is 0. The molecule has 2 rings (SSSR count). The second-order valence-electron chi connectivity index (χ2n) is 4.79. The molecule has 1 atom stereocenters. The van der Waals surface area contributed by atoms with E-state index in [0.717, 1.165) is 13.1 Å². The van der Waals surface area contributed by atoms with E-state index in [1.165, 1.54) is 16.8 Å². The number of hydrogen-bond acceptors (Lipinski definition) is 2. The number of nitrogens with two attached hydrogens (primary N) is 1. The number of rotatable bonds is 2. The van der Waals surface area contributed by atoms with Gasteiger partial charge in [0.05, 0.1) is 0 Å². The lowest BCUT2D eigenvalue weighted by atomic mass is 9.95. The van der Waals surface area contributed by atoms with Gasteiger partial charge < -0.3 is 10.6 Å². The largest absolute Gasteiger partial charge is 0.374 e. The van der Waals surface area contributed by atoms with Crippen LogP contribution in [0.15, 0.2) is 18.2 Å². The molecule has 0 fully saturated rings. The molecule has 0 saturated carbocycles. The van der Waals surface area contributed by atoms with Crippen LogP contribution in [-0.2, 0) is 0 Å². The number of fused-ring (bicyclic) bond motifs is 1. The predicted molar refractivity (Wildman–Crippen MR) is 65.6 cm³/mol. The Balaban J connectivity index is 2.42. The zero-order valence-electron chi connectivity index (χ0n) is 9.83. The summed E-state index contributed by atoms with van der Waals surface area (Å²) in [6.45, 7) is 6.28. The number of benzene rings is 1. The van der Waals surface area contributed by atoms with Crippen LogP contribution in [0.4, 0.5) is 5.69 Å². The first-order valence-electron chi connectivity index (χ1n) is 5.68. The van der Waals surface area contributed by atoms with Gasteiger partial charge in [-0.1, -0.05) is 26.0 Å². The van der Waals surface area contributed by atoms with Crippen LogP contribution in [0, 0.1) is 0 Å². The van der Waals surface area contributed by atoms with Gasteiger partial charge >= 0.3 is 0 Å². The van der Waals surface area contributed by atoms with E-state index >= 15 is 0 Å². The summed E-state index contributed by atoms with van der Waals surface area (Å²) in [5.41, 5.74) is 10.0. The fourth-order valence-electron chi connectivity index (χ4n) is 2.34. The van der Waals surface area contributed by atoms with Gasteiger partial charge in [0, 0.05) is 31.7 Å². The molecule has 0 radical (unpaired) electrons. The molecular weight excluding hydrogens is 184 g/mol. The SMILES string of the molecule is CC(C)c1ccc2c(c1)C(CN)CN2C. The monoisotopic (exact) mass is 204 g/mol. The molecule has 1 unspecified atom stereocenters. The van der Waals surface area contributed by atoms with E-state index in [1.54, 1.807) is 0 Å². The minimum atomic E-state index is 0.517. The summed E-state index contributed by atoms with van der Waals surface area (Å²) in [7, 11) is 2.14. The Bertz CT molecular complexity index is 358. The molecule has 2 N–H and O–H groups in total.